The fourth-order valence-corrected chi connectivity index (χ4v) is 1.93. The van der Waals surface area contributed by atoms with Crippen LogP contribution in [0.25, 0.3) is 0 Å². The van der Waals surface area contributed by atoms with Crippen LogP contribution in [0.15, 0.2) is 34.9 Å². The molecule has 0 amide bonds. The molecule has 0 saturated carbocycles. The molecular weight excluding hydrogens is 291 g/mol. The van der Waals surface area contributed by atoms with Crippen molar-refractivity contribution in [3.05, 3.63) is 52.0 Å². The molecule has 4 nitrogen and oxygen atoms in total. The van der Waals surface area contributed by atoms with Crippen molar-refractivity contribution in [2.45, 2.75) is 6.54 Å². The highest BCUT2D eigenvalue weighted by Gasteiger charge is 2.11. The van der Waals surface area contributed by atoms with E-state index in [0.717, 1.165) is 5.56 Å². The Balaban J connectivity index is 2.31. The number of carboxylic acids is 1. The van der Waals surface area contributed by atoms with E-state index in [0.29, 0.717) is 4.47 Å². The Morgan fingerprint density at radius 1 is 1.47 bits per heavy atom. The van der Waals surface area contributed by atoms with Crippen LogP contribution in [0.4, 0.5) is 4.39 Å². The van der Waals surface area contributed by atoms with Crippen LogP contribution < -0.4 is 0 Å². The van der Waals surface area contributed by atoms with Gasteiger partial charge in [0.1, 0.15) is 11.5 Å². The predicted molar refractivity (Wildman–Crippen MR) is 62.4 cm³/mol. The van der Waals surface area contributed by atoms with Gasteiger partial charge in [0.05, 0.1) is 6.54 Å². The molecule has 0 aliphatic carbocycles. The van der Waals surface area contributed by atoms with Crippen molar-refractivity contribution in [3.8, 4) is 0 Å². The van der Waals surface area contributed by atoms with Crippen LogP contribution >= 0.6 is 15.9 Å². The second-order valence-electron chi connectivity index (χ2n) is 3.41. The van der Waals surface area contributed by atoms with Crippen LogP contribution in [0.1, 0.15) is 16.1 Å². The lowest BCUT2D eigenvalue weighted by Crippen LogP contribution is -2.11. The summed E-state index contributed by atoms with van der Waals surface area (Å²) in [6.45, 7) is 0.273. The summed E-state index contributed by atoms with van der Waals surface area (Å²) < 4.78 is 14.8. The predicted octanol–water partition coefficient (Wildman–Crippen LogP) is 2.53. The number of carboxylic acid groups (broad SMARTS) is 1. The minimum Gasteiger partial charge on any atom is -0.477 e. The van der Waals surface area contributed by atoms with Gasteiger partial charge in [0, 0.05) is 10.7 Å². The highest BCUT2D eigenvalue weighted by molar-refractivity contribution is 9.10. The van der Waals surface area contributed by atoms with E-state index < -0.39 is 5.97 Å². The Kier molecular flexibility index (Phi) is 3.23. The third-order valence-electron chi connectivity index (χ3n) is 2.27. The average Bonchev–Trinajstić information content (AvgIpc) is 2.70. The molecule has 0 aliphatic heterocycles. The summed E-state index contributed by atoms with van der Waals surface area (Å²) >= 11 is 3.23. The first kappa shape index (κ1) is 11.8. The van der Waals surface area contributed by atoms with Gasteiger partial charge in [-0.25, -0.2) is 9.18 Å². The zero-order chi connectivity index (χ0) is 12.4. The first-order valence-electron chi connectivity index (χ1n) is 4.77. The number of nitrogens with zero attached hydrogens (tertiary/aromatic N) is 2. The highest BCUT2D eigenvalue weighted by atomic mass is 79.9. The van der Waals surface area contributed by atoms with Crippen molar-refractivity contribution in [2.75, 3.05) is 0 Å². The van der Waals surface area contributed by atoms with Crippen LogP contribution in [-0.4, -0.2) is 20.9 Å². The zero-order valence-corrected chi connectivity index (χ0v) is 10.2. The smallest absolute Gasteiger partial charge is 0.354 e. The molecule has 6 heteroatoms. The second kappa shape index (κ2) is 4.67. The summed E-state index contributed by atoms with van der Waals surface area (Å²) in [4.78, 5) is 10.9. The summed E-state index contributed by atoms with van der Waals surface area (Å²) in [7, 11) is 0. The van der Waals surface area contributed by atoms with Gasteiger partial charge in [-0.2, -0.15) is 5.10 Å². The fraction of sp³-hybridized carbons (Fsp3) is 0.0909. The molecule has 0 unspecified atom stereocenters. The van der Waals surface area contributed by atoms with E-state index in [2.05, 4.69) is 21.0 Å². The maximum atomic E-state index is 12.9. The number of hydrogen-bond donors (Lipinski definition) is 1. The number of aromatic nitrogens is 2. The second-order valence-corrected chi connectivity index (χ2v) is 4.27. The summed E-state index contributed by atoms with van der Waals surface area (Å²) in [6.07, 6.45) is 1.42. The lowest BCUT2D eigenvalue weighted by molar-refractivity contribution is 0.0684. The van der Waals surface area contributed by atoms with Gasteiger partial charge in [-0.05, 0) is 23.8 Å². The largest absolute Gasteiger partial charge is 0.477 e. The summed E-state index contributed by atoms with van der Waals surface area (Å²) in [5.74, 6) is -1.39. The van der Waals surface area contributed by atoms with Crippen molar-refractivity contribution in [1.29, 1.82) is 0 Å². The van der Waals surface area contributed by atoms with Gasteiger partial charge in [-0.15, -0.1) is 0 Å². The Labute approximate surface area is 105 Å². The van der Waals surface area contributed by atoms with Crippen LogP contribution in [0.2, 0.25) is 0 Å². The quantitative estimate of drug-likeness (QED) is 0.947. The molecule has 1 aromatic carbocycles. The SMILES string of the molecule is O=C(O)c1ccnn1Cc1ccc(F)cc1Br. The number of hydrogen-bond acceptors (Lipinski definition) is 2. The minimum atomic E-state index is -1.04. The Morgan fingerprint density at radius 2 is 2.24 bits per heavy atom. The van der Waals surface area contributed by atoms with Crippen LogP contribution in [0.3, 0.4) is 0 Å². The standard InChI is InChI=1S/C11H8BrFN2O2/c12-9-5-8(13)2-1-7(9)6-15-10(11(16)17)3-4-14-15/h1-5H,6H2,(H,16,17). The normalized spacial score (nSPS) is 10.5. The van der Waals surface area contributed by atoms with E-state index in [1.165, 1.54) is 29.1 Å². The van der Waals surface area contributed by atoms with Crippen molar-refractivity contribution in [2.24, 2.45) is 0 Å². The van der Waals surface area contributed by atoms with Crippen LogP contribution in [0, 0.1) is 5.82 Å². The molecule has 1 aromatic heterocycles. The summed E-state index contributed by atoms with van der Waals surface area (Å²) in [5.41, 5.74) is 0.860. The van der Waals surface area contributed by atoms with Gasteiger partial charge in [-0.1, -0.05) is 22.0 Å². The third kappa shape index (κ3) is 2.52. The van der Waals surface area contributed by atoms with Gasteiger partial charge >= 0.3 is 5.97 Å². The van der Waals surface area contributed by atoms with E-state index >= 15 is 0 Å². The van der Waals surface area contributed by atoms with Gasteiger partial charge in [0.15, 0.2) is 0 Å². The number of aromatic carboxylic acids is 1. The van der Waals surface area contributed by atoms with Crippen molar-refractivity contribution < 1.29 is 14.3 Å². The highest BCUT2D eigenvalue weighted by Crippen LogP contribution is 2.19. The van der Waals surface area contributed by atoms with Gasteiger partial charge < -0.3 is 5.11 Å². The first-order chi connectivity index (χ1) is 8.08. The molecule has 17 heavy (non-hydrogen) atoms. The molecule has 0 fully saturated rings. The lowest BCUT2D eigenvalue weighted by Gasteiger charge is -2.06. The van der Waals surface area contributed by atoms with E-state index in [1.54, 1.807) is 6.07 Å². The summed E-state index contributed by atoms with van der Waals surface area (Å²) in [5, 5.41) is 12.8. The van der Waals surface area contributed by atoms with E-state index in [4.69, 9.17) is 5.11 Å². The molecule has 1 heterocycles. The molecule has 0 spiro atoms. The van der Waals surface area contributed by atoms with Crippen molar-refractivity contribution >= 4 is 21.9 Å². The summed E-state index contributed by atoms with van der Waals surface area (Å²) in [6, 6.07) is 5.66. The van der Waals surface area contributed by atoms with E-state index in [9.17, 15) is 9.18 Å². The van der Waals surface area contributed by atoms with Crippen molar-refractivity contribution in [3.63, 3.8) is 0 Å². The molecule has 2 aromatic rings. The van der Waals surface area contributed by atoms with Crippen LogP contribution in [0.5, 0.6) is 0 Å². The van der Waals surface area contributed by atoms with Crippen molar-refractivity contribution in [1.82, 2.24) is 9.78 Å². The number of rotatable bonds is 3. The Hall–Kier alpha value is -1.69. The zero-order valence-electron chi connectivity index (χ0n) is 8.60. The maximum absolute atomic E-state index is 12.9. The topological polar surface area (TPSA) is 55.1 Å². The fourth-order valence-electron chi connectivity index (χ4n) is 1.45. The van der Waals surface area contributed by atoms with Gasteiger partial charge in [-0.3, -0.25) is 4.68 Å². The minimum absolute atomic E-state index is 0.0984. The third-order valence-corrected chi connectivity index (χ3v) is 3.01. The Bertz CT molecular complexity index is 568. The van der Waals surface area contributed by atoms with Crippen LogP contribution in [-0.2, 0) is 6.54 Å². The molecule has 88 valence electrons. The molecule has 0 radical (unpaired) electrons. The number of benzene rings is 1. The molecule has 0 aliphatic rings. The van der Waals surface area contributed by atoms with Gasteiger partial charge in [0.25, 0.3) is 0 Å². The number of halogens is 2. The lowest BCUT2D eigenvalue weighted by atomic mass is 10.2. The molecule has 2 rings (SSSR count). The average molecular weight is 299 g/mol. The van der Waals surface area contributed by atoms with E-state index in [1.807, 2.05) is 0 Å². The maximum Gasteiger partial charge on any atom is 0.354 e. The monoisotopic (exact) mass is 298 g/mol. The number of carbonyl (C=O) groups is 1. The van der Waals surface area contributed by atoms with E-state index in [-0.39, 0.29) is 18.1 Å². The van der Waals surface area contributed by atoms with Gasteiger partial charge in [0.2, 0.25) is 0 Å². The first-order valence-corrected chi connectivity index (χ1v) is 5.56. The Morgan fingerprint density at radius 3 is 2.88 bits per heavy atom. The molecular formula is C11H8BrFN2O2. The molecule has 0 bridgehead atoms. The molecule has 0 saturated heterocycles. The molecule has 0 atom stereocenters. The molecule has 1 N–H and O–H groups in total.